The van der Waals surface area contributed by atoms with E-state index in [1.165, 1.54) is 25.0 Å². The topological polar surface area (TPSA) is 33.3 Å². The number of nitrogens with one attached hydrogen (secondary N) is 2. The van der Waals surface area contributed by atoms with Crippen LogP contribution in [0, 0.1) is 11.7 Å². The number of benzene rings is 2. The molecule has 4 heteroatoms. The van der Waals surface area contributed by atoms with E-state index in [9.17, 15) is 4.39 Å². The molecule has 0 spiro atoms. The van der Waals surface area contributed by atoms with Crippen LogP contribution in [-0.4, -0.2) is 6.61 Å². The second kappa shape index (κ2) is 8.39. The second-order valence-electron chi connectivity index (χ2n) is 7.58. The van der Waals surface area contributed by atoms with Gasteiger partial charge in [-0.25, -0.2) is 4.39 Å². The van der Waals surface area contributed by atoms with E-state index < -0.39 is 0 Å². The number of ether oxygens (including phenoxy) is 1. The number of dihydropyridines is 1. The van der Waals surface area contributed by atoms with E-state index in [0.29, 0.717) is 12.1 Å². The molecule has 0 unspecified atom stereocenters. The summed E-state index contributed by atoms with van der Waals surface area (Å²) in [5.74, 6) is 1.35. The Labute approximate surface area is 171 Å². The van der Waals surface area contributed by atoms with Gasteiger partial charge >= 0.3 is 0 Å². The number of hydrogen-bond acceptors (Lipinski definition) is 3. The fraction of sp³-hybridized carbons (Fsp3) is 0.200. The van der Waals surface area contributed by atoms with E-state index in [2.05, 4.69) is 35.9 Å². The zero-order valence-electron chi connectivity index (χ0n) is 16.4. The Hall–Kier alpha value is -3.27. The highest BCUT2D eigenvalue weighted by molar-refractivity contribution is 5.67. The first-order valence-electron chi connectivity index (χ1n) is 9.87. The maximum Gasteiger partial charge on any atom is 0.123 e. The van der Waals surface area contributed by atoms with Gasteiger partial charge in [-0.1, -0.05) is 31.4 Å². The van der Waals surface area contributed by atoms with Crippen molar-refractivity contribution in [2.75, 3.05) is 6.61 Å². The second-order valence-corrected chi connectivity index (χ2v) is 7.58. The van der Waals surface area contributed by atoms with Gasteiger partial charge in [-0.15, -0.1) is 0 Å². The predicted octanol–water partition coefficient (Wildman–Crippen LogP) is 5.28. The van der Waals surface area contributed by atoms with Crippen LogP contribution in [0.15, 0.2) is 85.4 Å². The fourth-order valence-corrected chi connectivity index (χ4v) is 3.24. The minimum atomic E-state index is -0.283. The van der Waals surface area contributed by atoms with Crippen molar-refractivity contribution in [2.45, 2.75) is 19.3 Å². The van der Waals surface area contributed by atoms with Crippen LogP contribution in [0.3, 0.4) is 0 Å². The lowest BCUT2D eigenvalue weighted by molar-refractivity contribution is 0.299. The summed E-state index contributed by atoms with van der Waals surface area (Å²) in [5.41, 5.74) is 5.19. The molecule has 3 nitrogen and oxygen atoms in total. The molecule has 1 fully saturated rings. The largest absolute Gasteiger partial charge is 0.493 e. The predicted molar refractivity (Wildman–Crippen MR) is 116 cm³/mol. The van der Waals surface area contributed by atoms with Gasteiger partial charge in [0.05, 0.1) is 6.61 Å². The highest BCUT2D eigenvalue weighted by Crippen LogP contribution is 2.30. The average molecular weight is 388 g/mol. The van der Waals surface area contributed by atoms with Crippen LogP contribution in [-0.2, 0) is 6.42 Å². The normalized spacial score (nSPS) is 15.5. The quantitative estimate of drug-likeness (QED) is 0.645. The molecule has 1 heterocycles. The maximum absolute atomic E-state index is 14.0. The average Bonchev–Trinajstić information content (AvgIpc) is 3.53. The molecule has 0 bridgehead atoms. The van der Waals surface area contributed by atoms with Gasteiger partial charge in [0, 0.05) is 28.9 Å². The van der Waals surface area contributed by atoms with Crippen molar-refractivity contribution in [3.8, 4) is 5.75 Å². The smallest absolute Gasteiger partial charge is 0.123 e. The third kappa shape index (κ3) is 5.17. The Bertz CT molecular complexity index is 984. The molecule has 0 amide bonds. The van der Waals surface area contributed by atoms with Gasteiger partial charge in [-0.2, -0.15) is 0 Å². The molecule has 4 rings (SSSR count). The summed E-state index contributed by atoms with van der Waals surface area (Å²) < 4.78 is 19.8. The van der Waals surface area contributed by atoms with Crippen molar-refractivity contribution < 1.29 is 9.13 Å². The molecule has 0 atom stereocenters. The number of rotatable bonds is 8. The Morgan fingerprint density at radius 2 is 1.97 bits per heavy atom. The highest BCUT2D eigenvalue weighted by atomic mass is 19.1. The van der Waals surface area contributed by atoms with Gasteiger partial charge in [0.15, 0.2) is 0 Å². The molecule has 0 saturated heterocycles. The first-order chi connectivity index (χ1) is 14.1. The monoisotopic (exact) mass is 388 g/mol. The van der Waals surface area contributed by atoms with Crippen molar-refractivity contribution in [3.63, 3.8) is 0 Å². The molecule has 2 N–H and O–H groups in total. The first-order valence-corrected chi connectivity index (χ1v) is 9.87. The van der Waals surface area contributed by atoms with Crippen LogP contribution in [0.25, 0.3) is 5.70 Å². The van der Waals surface area contributed by atoms with E-state index in [-0.39, 0.29) is 5.82 Å². The molecular weight excluding hydrogens is 363 g/mol. The standard InChI is InChI=1S/C25H25FN2O/c1-17-13-23(11-12-27-17)28-18(2)25-15-22(26)8-7-21(25)14-19-5-9-24(10-6-19)29-16-20-3-4-20/h5-13,15,20,27-28H,1-4,14,16H2. The molecule has 2 aliphatic rings. The lowest BCUT2D eigenvalue weighted by Gasteiger charge is -2.17. The van der Waals surface area contributed by atoms with Crippen LogP contribution >= 0.6 is 0 Å². The van der Waals surface area contributed by atoms with E-state index in [1.807, 2.05) is 30.4 Å². The molecule has 2 aromatic rings. The number of allylic oxidation sites excluding steroid dienone is 2. The summed E-state index contributed by atoms with van der Waals surface area (Å²) in [5, 5.41) is 6.26. The number of hydrogen-bond donors (Lipinski definition) is 2. The minimum absolute atomic E-state index is 0.283. The Morgan fingerprint density at radius 3 is 2.69 bits per heavy atom. The van der Waals surface area contributed by atoms with Crippen LogP contribution in [0.5, 0.6) is 5.75 Å². The molecule has 0 aromatic heterocycles. The van der Waals surface area contributed by atoms with E-state index in [1.54, 1.807) is 6.20 Å². The molecule has 0 radical (unpaired) electrons. The summed E-state index contributed by atoms with van der Waals surface area (Å²) >= 11 is 0. The van der Waals surface area contributed by atoms with E-state index in [0.717, 1.165) is 46.4 Å². The summed E-state index contributed by atoms with van der Waals surface area (Å²) in [6, 6.07) is 13.0. The first kappa shape index (κ1) is 19.1. The van der Waals surface area contributed by atoms with Crippen molar-refractivity contribution >= 4 is 5.70 Å². The molecule has 1 aliphatic carbocycles. The molecule has 148 valence electrons. The van der Waals surface area contributed by atoms with Crippen LogP contribution in [0.1, 0.15) is 29.5 Å². The van der Waals surface area contributed by atoms with Crippen molar-refractivity contribution in [1.29, 1.82) is 0 Å². The van der Waals surface area contributed by atoms with Gasteiger partial charge in [0.1, 0.15) is 11.6 Å². The lowest BCUT2D eigenvalue weighted by atomic mass is 9.97. The summed E-state index contributed by atoms with van der Waals surface area (Å²) in [6.45, 7) is 8.82. The molecular formula is C25H25FN2O. The van der Waals surface area contributed by atoms with Gasteiger partial charge in [-0.05, 0) is 72.7 Å². The zero-order valence-corrected chi connectivity index (χ0v) is 16.4. The van der Waals surface area contributed by atoms with E-state index in [4.69, 9.17) is 4.74 Å². The van der Waals surface area contributed by atoms with Crippen molar-refractivity contribution in [3.05, 3.63) is 108 Å². The van der Waals surface area contributed by atoms with Gasteiger partial charge in [0.25, 0.3) is 0 Å². The van der Waals surface area contributed by atoms with Crippen molar-refractivity contribution in [1.82, 2.24) is 10.6 Å². The van der Waals surface area contributed by atoms with E-state index >= 15 is 0 Å². The number of halogens is 1. The SMILES string of the molecule is C=C1C=C(NC(=C)c2cc(F)ccc2Cc2ccc(OCC3CC3)cc2)C=CN1. The van der Waals surface area contributed by atoms with Crippen LogP contribution < -0.4 is 15.4 Å². The van der Waals surface area contributed by atoms with Crippen molar-refractivity contribution in [2.24, 2.45) is 5.92 Å². The van der Waals surface area contributed by atoms with Crippen LogP contribution in [0.2, 0.25) is 0 Å². The Kier molecular flexibility index (Phi) is 5.52. The summed E-state index contributed by atoms with van der Waals surface area (Å²) in [7, 11) is 0. The molecule has 2 aromatic carbocycles. The Balaban J connectivity index is 1.48. The minimum Gasteiger partial charge on any atom is -0.493 e. The maximum atomic E-state index is 14.0. The van der Waals surface area contributed by atoms with Gasteiger partial charge in [0.2, 0.25) is 0 Å². The highest BCUT2D eigenvalue weighted by Gasteiger charge is 2.21. The van der Waals surface area contributed by atoms with Gasteiger partial charge < -0.3 is 15.4 Å². The van der Waals surface area contributed by atoms with Crippen LogP contribution in [0.4, 0.5) is 4.39 Å². The summed E-state index contributed by atoms with van der Waals surface area (Å²) in [6.07, 6.45) is 8.81. The summed E-state index contributed by atoms with van der Waals surface area (Å²) in [4.78, 5) is 0. The third-order valence-corrected chi connectivity index (χ3v) is 5.05. The molecule has 1 saturated carbocycles. The van der Waals surface area contributed by atoms with Gasteiger partial charge in [-0.3, -0.25) is 0 Å². The lowest BCUT2D eigenvalue weighted by Crippen LogP contribution is -2.16. The molecule has 1 aliphatic heterocycles. The Morgan fingerprint density at radius 1 is 1.17 bits per heavy atom. The zero-order chi connectivity index (χ0) is 20.2. The fourth-order valence-electron chi connectivity index (χ4n) is 3.24. The third-order valence-electron chi connectivity index (χ3n) is 5.05. The molecule has 29 heavy (non-hydrogen) atoms.